The fraction of sp³-hybridized carbons (Fsp3) is 0.0645. The molecular weight excluding hydrogens is 844 g/mol. The molecule has 0 aliphatic rings. The molecule has 3 nitrogen and oxygen atoms in total. The van der Waals surface area contributed by atoms with Crippen molar-refractivity contribution in [1.82, 2.24) is 14.5 Å². The summed E-state index contributed by atoms with van der Waals surface area (Å²) in [6.45, 7) is 6.25. The lowest BCUT2D eigenvalue weighted by atomic mass is 9.91. The minimum absolute atomic E-state index is 0.413. The molecule has 68 heavy (non-hydrogen) atoms. The van der Waals surface area contributed by atoms with Gasteiger partial charge in [0.25, 0.3) is 0 Å². The predicted molar refractivity (Wildman–Crippen MR) is 274 cm³/mol. The zero-order valence-electron chi connectivity index (χ0n) is 37.7. The van der Waals surface area contributed by atoms with Gasteiger partial charge in [-0.25, -0.2) is 9.97 Å². The number of benzene rings is 9. The number of fused-ring (bicyclic) bond motifs is 3. The van der Waals surface area contributed by atoms with Gasteiger partial charge in [-0.05, 0) is 109 Å². The average Bonchev–Trinajstić information content (AvgIpc) is 3.68. The third-order valence-electron chi connectivity index (χ3n) is 12.8. The lowest BCUT2D eigenvalue weighted by Crippen LogP contribution is -2.06. The van der Waals surface area contributed by atoms with Crippen LogP contribution in [0.3, 0.4) is 0 Å². The van der Waals surface area contributed by atoms with Crippen molar-refractivity contribution in [2.24, 2.45) is 0 Å². The van der Waals surface area contributed by atoms with Gasteiger partial charge in [0.1, 0.15) is 0 Å². The van der Waals surface area contributed by atoms with Gasteiger partial charge in [0.2, 0.25) is 0 Å². The van der Waals surface area contributed by atoms with Crippen molar-refractivity contribution in [3.8, 4) is 84.1 Å². The van der Waals surface area contributed by atoms with Gasteiger partial charge >= 0.3 is 6.18 Å². The second kappa shape index (κ2) is 17.1. The molecule has 0 aliphatic heterocycles. The number of hydrogen-bond donors (Lipinski definition) is 0. The summed E-state index contributed by atoms with van der Waals surface area (Å²) >= 11 is 0. The normalized spacial score (nSPS) is 11.7. The first kappa shape index (κ1) is 42.3. The minimum atomic E-state index is -4.57. The number of alkyl halides is 3. The zero-order valence-corrected chi connectivity index (χ0v) is 37.7. The van der Waals surface area contributed by atoms with E-state index < -0.39 is 11.7 Å². The second-order valence-corrected chi connectivity index (χ2v) is 17.6. The van der Waals surface area contributed by atoms with E-state index in [-0.39, 0.29) is 0 Å². The summed E-state index contributed by atoms with van der Waals surface area (Å²) < 4.78 is 46.6. The quantitative estimate of drug-likeness (QED) is 0.152. The van der Waals surface area contributed by atoms with Gasteiger partial charge in [0.15, 0.2) is 5.82 Å². The van der Waals surface area contributed by atoms with Crippen LogP contribution in [0, 0.1) is 20.8 Å². The van der Waals surface area contributed by atoms with Crippen LogP contribution in [-0.4, -0.2) is 14.5 Å². The molecule has 0 amide bonds. The number of aryl methyl sites for hydroxylation is 3. The SMILES string of the molecule is Cc1cccc(-c2ccc3c(c2)c2cc(-c4cccc(C)c4)ccc2n3-c2c(-c3cccc(C)c3)cc(-c3nc(-c4ccccc4)cc(-c4ccccc4)n3)cc2-c2cccc(C(F)(F)F)c2)c1. The van der Waals surface area contributed by atoms with Crippen LogP contribution in [0.5, 0.6) is 0 Å². The molecule has 0 bridgehead atoms. The number of aromatic nitrogens is 3. The molecule has 0 saturated heterocycles. The first-order valence-electron chi connectivity index (χ1n) is 22.7. The molecule has 328 valence electrons. The second-order valence-electron chi connectivity index (χ2n) is 17.6. The maximum absolute atomic E-state index is 14.8. The van der Waals surface area contributed by atoms with E-state index in [1.165, 1.54) is 12.1 Å². The summed E-state index contributed by atoms with van der Waals surface area (Å²) in [5.74, 6) is 0.451. The molecule has 2 aromatic heterocycles. The third-order valence-corrected chi connectivity index (χ3v) is 12.8. The molecule has 0 radical (unpaired) electrons. The molecule has 9 aromatic carbocycles. The van der Waals surface area contributed by atoms with Gasteiger partial charge in [-0.3, -0.25) is 0 Å². The van der Waals surface area contributed by atoms with E-state index in [4.69, 9.17) is 9.97 Å². The summed E-state index contributed by atoms with van der Waals surface area (Å²) in [4.78, 5) is 10.5. The van der Waals surface area contributed by atoms with Crippen molar-refractivity contribution in [3.63, 3.8) is 0 Å². The summed E-state index contributed by atoms with van der Waals surface area (Å²) in [6, 6.07) is 70.1. The van der Waals surface area contributed by atoms with Gasteiger partial charge in [0, 0.05) is 38.6 Å². The molecule has 0 spiro atoms. The van der Waals surface area contributed by atoms with Crippen molar-refractivity contribution in [2.45, 2.75) is 26.9 Å². The number of hydrogen-bond acceptors (Lipinski definition) is 2. The molecule has 2 heterocycles. The maximum atomic E-state index is 14.8. The van der Waals surface area contributed by atoms with Crippen LogP contribution < -0.4 is 0 Å². The van der Waals surface area contributed by atoms with E-state index in [1.54, 1.807) is 6.07 Å². The van der Waals surface area contributed by atoms with Gasteiger partial charge in [-0.2, -0.15) is 13.2 Å². The van der Waals surface area contributed by atoms with Gasteiger partial charge in [0.05, 0.1) is 33.7 Å². The minimum Gasteiger partial charge on any atom is -0.308 e. The highest BCUT2D eigenvalue weighted by atomic mass is 19.4. The smallest absolute Gasteiger partial charge is 0.308 e. The summed E-state index contributed by atoms with van der Waals surface area (Å²) in [5, 5.41) is 2.04. The van der Waals surface area contributed by atoms with Crippen molar-refractivity contribution >= 4 is 21.8 Å². The Morgan fingerprint density at radius 1 is 0.353 bits per heavy atom. The van der Waals surface area contributed by atoms with Gasteiger partial charge < -0.3 is 4.57 Å². The van der Waals surface area contributed by atoms with Crippen LogP contribution in [0.25, 0.3) is 106 Å². The lowest BCUT2D eigenvalue weighted by Gasteiger charge is -2.22. The first-order valence-corrected chi connectivity index (χ1v) is 22.7. The van der Waals surface area contributed by atoms with E-state index >= 15 is 0 Å². The van der Waals surface area contributed by atoms with Crippen LogP contribution in [0.1, 0.15) is 22.3 Å². The van der Waals surface area contributed by atoms with Crippen LogP contribution in [0.15, 0.2) is 212 Å². The van der Waals surface area contributed by atoms with Crippen LogP contribution in [-0.2, 0) is 6.18 Å². The highest BCUT2D eigenvalue weighted by molar-refractivity contribution is 6.13. The summed E-state index contributed by atoms with van der Waals surface area (Å²) in [5.41, 5.74) is 16.2. The van der Waals surface area contributed by atoms with E-state index in [1.807, 2.05) is 78.9 Å². The highest BCUT2D eigenvalue weighted by Crippen LogP contribution is 2.46. The summed E-state index contributed by atoms with van der Waals surface area (Å²) in [7, 11) is 0. The monoisotopic (exact) mass is 887 g/mol. The van der Waals surface area contributed by atoms with Crippen molar-refractivity contribution in [2.75, 3.05) is 0 Å². The molecule has 0 saturated carbocycles. The van der Waals surface area contributed by atoms with E-state index in [9.17, 15) is 13.2 Å². The fourth-order valence-electron chi connectivity index (χ4n) is 9.48. The standard InChI is InChI=1S/C62H44F3N3/c1-39-14-10-21-44(30-39)46-26-28-58-54(34-46)55-35-47(45-22-11-15-40(2)31-45)27-29-59(55)68(58)60-52(48-23-12-16-41(3)32-48)36-50(37-53(60)49-24-13-25-51(33-49)62(63,64)65)61-66-56(42-17-6-4-7-18-42)38-57(67-61)43-19-8-5-9-20-43/h4-38H,1-3H3. The average molecular weight is 888 g/mol. The van der Waals surface area contributed by atoms with Gasteiger partial charge in [-0.15, -0.1) is 0 Å². The van der Waals surface area contributed by atoms with Crippen molar-refractivity contribution < 1.29 is 13.2 Å². The molecule has 0 aliphatic carbocycles. The number of halogens is 3. The lowest BCUT2D eigenvalue weighted by molar-refractivity contribution is -0.137. The van der Waals surface area contributed by atoms with E-state index in [2.05, 4.69) is 135 Å². The Labute approximate surface area is 393 Å². The first-order chi connectivity index (χ1) is 33.0. The highest BCUT2D eigenvalue weighted by Gasteiger charge is 2.31. The van der Waals surface area contributed by atoms with Crippen molar-refractivity contribution in [3.05, 3.63) is 235 Å². The molecule has 0 unspecified atom stereocenters. The zero-order chi connectivity index (χ0) is 46.5. The largest absolute Gasteiger partial charge is 0.416 e. The molecule has 0 atom stereocenters. The van der Waals surface area contributed by atoms with Crippen LogP contribution >= 0.6 is 0 Å². The third kappa shape index (κ3) is 8.04. The Balaban J connectivity index is 1.27. The molecule has 6 heteroatoms. The number of nitrogens with zero attached hydrogens (tertiary/aromatic N) is 3. The molecule has 11 rings (SSSR count). The Bertz CT molecular complexity index is 3540. The van der Waals surface area contributed by atoms with Crippen molar-refractivity contribution in [1.29, 1.82) is 0 Å². The summed E-state index contributed by atoms with van der Waals surface area (Å²) in [6.07, 6.45) is -4.57. The molecule has 0 N–H and O–H groups in total. The Kier molecular flexibility index (Phi) is 10.7. The van der Waals surface area contributed by atoms with Crippen LogP contribution in [0.4, 0.5) is 13.2 Å². The van der Waals surface area contributed by atoms with E-state index in [0.29, 0.717) is 22.5 Å². The van der Waals surface area contributed by atoms with Crippen LogP contribution in [0.2, 0.25) is 0 Å². The Morgan fingerprint density at radius 2 is 0.765 bits per heavy atom. The van der Waals surface area contributed by atoms with Gasteiger partial charge in [-0.1, -0.05) is 174 Å². The molecular formula is C62H44F3N3. The Morgan fingerprint density at radius 3 is 1.24 bits per heavy atom. The maximum Gasteiger partial charge on any atom is 0.416 e. The topological polar surface area (TPSA) is 30.7 Å². The Hall–Kier alpha value is -8.35. The fourth-order valence-corrected chi connectivity index (χ4v) is 9.48. The molecule has 0 fully saturated rings. The number of rotatable bonds is 8. The van der Waals surface area contributed by atoms with E-state index in [0.717, 1.165) is 106 Å². The molecule has 11 aromatic rings. The predicted octanol–water partition coefficient (Wildman–Crippen LogP) is 17.2.